The molecular weight excluding hydrogens is 142 g/mol. The minimum absolute atomic E-state index is 0.123. The summed E-state index contributed by atoms with van der Waals surface area (Å²) in [4.78, 5) is 2.29. The molecule has 0 spiro atoms. The van der Waals surface area contributed by atoms with Crippen LogP contribution in [0.5, 0.6) is 0 Å². The maximum Gasteiger partial charge on any atom is 0.0698 e. The Morgan fingerprint density at radius 3 is 2.64 bits per heavy atom. The minimum Gasteiger partial charge on any atom is -0.394 e. The number of ether oxygens (including phenoxy) is 1. The Kier molecular flexibility index (Phi) is 4.19. The molecule has 0 atom stereocenters. The fourth-order valence-corrected chi connectivity index (χ4v) is 1.06. The zero-order valence-corrected chi connectivity index (χ0v) is 6.70. The lowest BCUT2D eigenvalue weighted by Gasteiger charge is -2.13. The summed E-state index contributed by atoms with van der Waals surface area (Å²) in [6, 6.07) is 0. The van der Waals surface area contributed by atoms with Gasteiger partial charge >= 0.3 is 0 Å². The molecule has 0 saturated heterocycles. The Labute approximate surface area is 67.3 Å². The first kappa shape index (κ1) is 8.71. The van der Waals surface area contributed by atoms with Crippen LogP contribution in [0.1, 0.15) is 0 Å². The SMILES string of the molecule is OCCOCCN1CC=CC1. The van der Waals surface area contributed by atoms with E-state index in [0.717, 1.165) is 26.2 Å². The average Bonchev–Trinajstić information content (AvgIpc) is 2.50. The third kappa shape index (κ3) is 3.51. The lowest BCUT2D eigenvalue weighted by atomic mass is 10.5. The fourth-order valence-electron chi connectivity index (χ4n) is 1.06. The van der Waals surface area contributed by atoms with Crippen molar-refractivity contribution in [3.05, 3.63) is 12.2 Å². The quantitative estimate of drug-likeness (QED) is 0.445. The van der Waals surface area contributed by atoms with E-state index in [4.69, 9.17) is 9.84 Å². The average molecular weight is 157 g/mol. The summed E-state index contributed by atoms with van der Waals surface area (Å²) >= 11 is 0. The van der Waals surface area contributed by atoms with Gasteiger partial charge in [-0.05, 0) is 0 Å². The van der Waals surface area contributed by atoms with Gasteiger partial charge in [0.1, 0.15) is 0 Å². The second-order valence-corrected chi connectivity index (χ2v) is 2.57. The Hall–Kier alpha value is -0.380. The second kappa shape index (κ2) is 5.29. The van der Waals surface area contributed by atoms with E-state index in [0.29, 0.717) is 6.61 Å². The number of hydrogen-bond acceptors (Lipinski definition) is 3. The molecule has 1 aliphatic heterocycles. The van der Waals surface area contributed by atoms with Gasteiger partial charge in [-0.2, -0.15) is 0 Å². The van der Waals surface area contributed by atoms with Crippen LogP contribution in [0.25, 0.3) is 0 Å². The molecule has 0 fully saturated rings. The van der Waals surface area contributed by atoms with E-state index in [2.05, 4.69) is 17.1 Å². The van der Waals surface area contributed by atoms with Gasteiger partial charge < -0.3 is 9.84 Å². The van der Waals surface area contributed by atoms with Crippen LogP contribution < -0.4 is 0 Å². The van der Waals surface area contributed by atoms with E-state index in [-0.39, 0.29) is 6.61 Å². The molecule has 0 aromatic heterocycles. The molecule has 0 amide bonds. The van der Waals surface area contributed by atoms with Gasteiger partial charge in [-0.3, -0.25) is 4.90 Å². The van der Waals surface area contributed by atoms with Crippen molar-refractivity contribution >= 4 is 0 Å². The fraction of sp³-hybridized carbons (Fsp3) is 0.750. The first-order valence-corrected chi connectivity index (χ1v) is 3.99. The minimum atomic E-state index is 0.123. The highest BCUT2D eigenvalue weighted by Gasteiger charge is 2.04. The van der Waals surface area contributed by atoms with Gasteiger partial charge in [0.2, 0.25) is 0 Å². The molecule has 11 heavy (non-hydrogen) atoms. The molecule has 0 aromatic carbocycles. The predicted molar refractivity (Wildman–Crippen MR) is 43.5 cm³/mol. The highest BCUT2D eigenvalue weighted by Crippen LogP contribution is 1.96. The van der Waals surface area contributed by atoms with Gasteiger partial charge in [0.25, 0.3) is 0 Å². The molecule has 0 saturated carbocycles. The van der Waals surface area contributed by atoms with Crippen LogP contribution in [0.4, 0.5) is 0 Å². The monoisotopic (exact) mass is 157 g/mol. The molecule has 3 nitrogen and oxygen atoms in total. The molecule has 1 rings (SSSR count). The lowest BCUT2D eigenvalue weighted by Crippen LogP contribution is -2.25. The number of aliphatic hydroxyl groups excluding tert-OH is 1. The Morgan fingerprint density at radius 2 is 2.00 bits per heavy atom. The van der Waals surface area contributed by atoms with Crippen molar-refractivity contribution in [2.45, 2.75) is 0 Å². The molecule has 0 radical (unpaired) electrons. The molecular formula is C8H15NO2. The molecule has 64 valence electrons. The first-order valence-electron chi connectivity index (χ1n) is 3.99. The topological polar surface area (TPSA) is 32.7 Å². The van der Waals surface area contributed by atoms with Crippen molar-refractivity contribution in [1.82, 2.24) is 4.90 Å². The van der Waals surface area contributed by atoms with E-state index >= 15 is 0 Å². The summed E-state index contributed by atoms with van der Waals surface area (Å²) in [5.41, 5.74) is 0. The molecule has 1 heterocycles. The van der Waals surface area contributed by atoms with Crippen LogP contribution in [0.15, 0.2) is 12.2 Å². The summed E-state index contributed by atoms with van der Waals surface area (Å²) in [6.07, 6.45) is 4.32. The van der Waals surface area contributed by atoms with Gasteiger partial charge in [-0.15, -0.1) is 0 Å². The predicted octanol–water partition coefficient (Wildman–Crippen LogP) is -0.133. The summed E-state index contributed by atoms with van der Waals surface area (Å²) in [5.74, 6) is 0. The van der Waals surface area contributed by atoms with Gasteiger partial charge in [-0.1, -0.05) is 12.2 Å². The Morgan fingerprint density at radius 1 is 1.27 bits per heavy atom. The Bertz CT molecular complexity index is 117. The lowest BCUT2D eigenvalue weighted by molar-refractivity contribution is 0.0790. The molecule has 1 N–H and O–H groups in total. The van der Waals surface area contributed by atoms with E-state index < -0.39 is 0 Å². The number of nitrogens with zero attached hydrogens (tertiary/aromatic N) is 1. The smallest absolute Gasteiger partial charge is 0.0698 e. The summed E-state index contributed by atoms with van der Waals surface area (Å²) in [6.45, 7) is 4.36. The van der Waals surface area contributed by atoms with Gasteiger partial charge in [0, 0.05) is 19.6 Å². The van der Waals surface area contributed by atoms with Crippen LogP contribution in [-0.2, 0) is 4.74 Å². The van der Waals surface area contributed by atoms with Crippen molar-refractivity contribution in [1.29, 1.82) is 0 Å². The normalized spacial score (nSPS) is 17.9. The van der Waals surface area contributed by atoms with Gasteiger partial charge in [0.15, 0.2) is 0 Å². The molecule has 3 heteroatoms. The van der Waals surface area contributed by atoms with Crippen molar-refractivity contribution in [3.63, 3.8) is 0 Å². The van der Waals surface area contributed by atoms with Crippen LogP contribution in [0.2, 0.25) is 0 Å². The molecule has 0 aliphatic carbocycles. The van der Waals surface area contributed by atoms with Crippen LogP contribution in [0, 0.1) is 0 Å². The van der Waals surface area contributed by atoms with Crippen LogP contribution >= 0.6 is 0 Å². The van der Waals surface area contributed by atoms with Crippen molar-refractivity contribution in [2.75, 3.05) is 39.5 Å². The number of aliphatic hydroxyl groups is 1. The maximum absolute atomic E-state index is 8.41. The first-order chi connectivity index (χ1) is 5.43. The highest BCUT2D eigenvalue weighted by molar-refractivity contribution is 4.94. The number of hydrogen-bond donors (Lipinski definition) is 1. The summed E-state index contributed by atoms with van der Waals surface area (Å²) in [7, 11) is 0. The van der Waals surface area contributed by atoms with Crippen molar-refractivity contribution < 1.29 is 9.84 Å². The Balaban J connectivity index is 1.87. The van der Waals surface area contributed by atoms with Gasteiger partial charge in [-0.25, -0.2) is 0 Å². The van der Waals surface area contributed by atoms with Crippen molar-refractivity contribution in [3.8, 4) is 0 Å². The van der Waals surface area contributed by atoms with E-state index in [1.807, 2.05) is 0 Å². The maximum atomic E-state index is 8.41. The largest absolute Gasteiger partial charge is 0.394 e. The summed E-state index contributed by atoms with van der Waals surface area (Å²) in [5, 5.41) is 8.41. The molecule has 1 aliphatic rings. The molecule has 0 bridgehead atoms. The second-order valence-electron chi connectivity index (χ2n) is 2.57. The zero-order chi connectivity index (χ0) is 7.94. The highest BCUT2D eigenvalue weighted by atomic mass is 16.5. The van der Waals surface area contributed by atoms with Crippen LogP contribution in [-0.4, -0.2) is 49.5 Å². The van der Waals surface area contributed by atoms with Crippen molar-refractivity contribution in [2.24, 2.45) is 0 Å². The van der Waals surface area contributed by atoms with Crippen LogP contribution in [0.3, 0.4) is 0 Å². The van der Waals surface area contributed by atoms with E-state index in [1.165, 1.54) is 0 Å². The van der Waals surface area contributed by atoms with Gasteiger partial charge in [0.05, 0.1) is 19.8 Å². The molecule has 0 aromatic rings. The van der Waals surface area contributed by atoms with E-state index in [1.54, 1.807) is 0 Å². The number of rotatable bonds is 5. The molecule has 0 unspecified atom stereocenters. The third-order valence-corrected chi connectivity index (χ3v) is 1.68. The zero-order valence-electron chi connectivity index (χ0n) is 6.70. The third-order valence-electron chi connectivity index (χ3n) is 1.68. The summed E-state index contributed by atoms with van der Waals surface area (Å²) < 4.78 is 5.13. The standard InChI is InChI=1S/C8H15NO2/c10-6-8-11-7-5-9-3-1-2-4-9/h1-2,10H,3-8H2. The van der Waals surface area contributed by atoms with E-state index in [9.17, 15) is 0 Å².